The van der Waals surface area contributed by atoms with Crippen molar-refractivity contribution in [3.8, 4) is 0 Å². The lowest BCUT2D eigenvalue weighted by Gasteiger charge is -2.18. The van der Waals surface area contributed by atoms with Crippen LogP contribution in [-0.2, 0) is 19.6 Å². The van der Waals surface area contributed by atoms with Crippen molar-refractivity contribution in [3.05, 3.63) is 48.5 Å². The molecule has 0 saturated heterocycles. The van der Waals surface area contributed by atoms with Gasteiger partial charge in [0.25, 0.3) is 0 Å². The van der Waals surface area contributed by atoms with Crippen molar-refractivity contribution >= 4 is 45.1 Å². The van der Waals surface area contributed by atoms with E-state index >= 15 is 0 Å². The number of hydrogen-bond acceptors (Lipinski definition) is 9. The van der Waals surface area contributed by atoms with Crippen LogP contribution in [0.25, 0.3) is 0 Å². The summed E-state index contributed by atoms with van der Waals surface area (Å²) >= 11 is 0. The summed E-state index contributed by atoms with van der Waals surface area (Å²) in [4.78, 5) is 27.2. The van der Waals surface area contributed by atoms with Crippen LogP contribution in [0.4, 0.5) is 17.1 Å². The van der Waals surface area contributed by atoms with E-state index in [1.165, 1.54) is 24.3 Å². The molecule has 0 aliphatic rings. The molecule has 1 atom stereocenters. The van der Waals surface area contributed by atoms with Crippen molar-refractivity contribution < 1.29 is 27.9 Å². The lowest BCUT2D eigenvalue weighted by Crippen LogP contribution is -2.48. The van der Waals surface area contributed by atoms with Gasteiger partial charge in [-0.25, -0.2) is 13.1 Å². The molecule has 0 heterocycles. The maximum Gasteiger partial charge on any atom is 0.372 e. The van der Waals surface area contributed by atoms with E-state index in [1.807, 2.05) is 35.9 Å². The van der Waals surface area contributed by atoms with E-state index in [4.69, 9.17) is 5.53 Å². The van der Waals surface area contributed by atoms with Crippen LogP contribution in [0.3, 0.4) is 0 Å². The molecular weight excluding hydrogens is 436 g/mol. The van der Waals surface area contributed by atoms with Crippen molar-refractivity contribution in [2.45, 2.75) is 23.8 Å². The van der Waals surface area contributed by atoms with Crippen LogP contribution < -0.4 is 14.7 Å². The van der Waals surface area contributed by atoms with E-state index in [2.05, 4.69) is 15.0 Å². The summed E-state index contributed by atoms with van der Waals surface area (Å²) in [5.74, 6) is -2.27. The van der Waals surface area contributed by atoms with E-state index < -0.39 is 27.8 Å². The Morgan fingerprint density at radius 2 is 1.62 bits per heavy atom. The molecule has 32 heavy (non-hydrogen) atoms. The quantitative estimate of drug-likeness (QED) is 0.291. The highest BCUT2D eigenvalue weighted by Crippen LogP contribution is 2.22. The molecule has 0 radical (unpaired) electrons. The predicted molar refractivity (Wildman–Crippen MR) is 114 cm³/mol. The van der Waals surface area contributed by atoms with Crippen LogP contribution >= 0.6 is 0 Å². The molecule has 12 heteroatoms. The largest absolute Gasteiger partial charge is 0.548 e. The summed E-state index contributed by atoms with van der Waals surface area (Å²) in [6.07, 6.45) is 0.0639. The normalized spacial score (nSPS) is 12.2. The average Bonchev–Trinajstić information content (AvgIpc) is 2.75. The molecule has 0 aromatic heterocycles. The molecule has 1 unspecified atom stereocenters. The summed E-state index contributed by atoms with van der Waals surface area (Å²) in [5, 5.41) is 19.4. The first-order valence-electron chi connectivity index (χ1n) is 9.37. The highest BCUT2D eigenvalue weighted by atomic mass is 32.2. The molecule has 2 N–H and O–H groups in total. The molecule has 0 bridgehead atoms. The summed E-state index contributed by atoms with van der Waals surface area (Å²) in [7, 11) is -0.350. The summed E-state index contributed by atoms with van der Waals surface area (Å²) in [6, 6.07) is 11.1. The number of azo groups is 1. The van der Waals surface area contributed by atoms with Gasteiger partial charge < -0.3 is 14.8 Å². The number of carbonyl (C=O) groups is 2. The van der Waals surface area contributed by atoms with Crippen LogP contribution in [0.1, 0.15) is 12.8 Å². The zero-order valence-corrected chi connectivity index (χ0v) is 18.2. The number of Topliss-reactive ketones (excluding diaryl/α,β-unsaturated/α-hetero) is 1. The highest BCUT2D eigenvalue weighted by molar-refractivity contribution is 7.89. The number of carboxylic acid groups (broad SMARTS) is 1. The van der Waals surface area contributed by atoms with Gasteiger partial charge in [-0.15, -0.1) is 0 Å². The molecule has 0 aliphatic carbocycles. The van der Waals surface area contributed by atoms with E-state index in [1.54, 1.807) is 12.1 Å². The van der Waals surface area contributed by atoms with Crippen LogP contribution in [0.15, 0.2) is 63.7 Å². The van der Waals surface area contributed by atoms with Crippen LogP contribution in [0.5, 0.6) is 0 Å². The van der Waals surface area contributed by atoms with Crippen LogP contribution in [-0.4, -0.2) is 51.3 Å². The molecule has 2 rings (SSSR count). The zero-order valence-electron chi connectivity index (χ0n) is 17.4. The first-order valence-corrected chi connectivity index (χ1v) is 10.9. The Hall–Kier alpha value is -3.73. The van der Waals surface area contributed by atoms with Crippen molar-refractivity contribution in [1.29, 1.82) is 5.53 Å². The molecular formula is C20H22N6O5S. The summed E-state index contributed by atoms with van der Waals surface area (Å²) in [5.41, 5.74) is 8.60. The molecule has 0 fully saturated rings. The maximum absolute atomic E-state index is 12.5. The van der Waals surface area contributed by atoms with Gasteiger partial charge in [0.1, 0.15) is 0 Å². The predicted octanol–water partition coefficient (Wildman–Crippen LogP) is 1.22. The second-order valence-electron chi connectivity index (χ2n) is 6.86. The Morgan fingerprint density at radius 1 is 1.09 bits per heavy atom. The lowest BCUT2D eigenvalue weighted by atomic mass is 10.1. The fourth-order valence-electron chi connectivity index (χ4n) is 2.53. The Labute approximate surface area is 185 Å². The first kappa shape index (κ1) is 24.5. The SMILES string of the molecule is CN(C)c1ccc(N=Nc2ccc(S(=O)(=O)NC(CCC(=O)C=[N+]=N)C(=O)[O-])cc2)cc1. The fraction of sp³-hybridized carbons (Fsp3) is 0.250. The van der Waals surface area contributed by atoms with E-state index in [9.17, 15) is 23.1 Å². The third-order valence-corrected chi connectivity index (χ3v) is 5.75. The molecule has 11 nitrogen and oxygen atoms in total. The Bertz CT molecular complexity index is 1140. The molecule has 0 amide bonds. The lowest BCUT2D eigenvalue weighted by molar-refractivity contribution is -0.308. The van der Waals surface area contributed by atoms with Gasteiger partial charge in [0.05, 0.1) is 38.6 Å². The molecule has 0 saturated carbocycles. The number of aliphatic carboxylic acids is 1. The minimum absolute atomic E-state index is 0.183. The third-order valence-electron chi connectivity index (χ3n) is 4.26. The number of anilines is 1. The number of sulfonamides is 1. The van der Waals surface area contributed by atoms with Crippen molar-refractivity contribution in [3.63, 3.8) is 0 Å². The summed E-state index contributed by atoms with van der Waals surface area (Å²) in [6.45, 7) is 0. The number of benzene rings is 2. The Kier molecular flexibility index (Phi) is 8.47. The van der Waals surface area contributed by atoms with Gasteiger partial charge in [-0.3, -0.25) is 4.79 Å². The second kappa shape index (κ2) is 11.0. The van der Waals surface area contributed by atoms with Crippen molar-refractivity contribution in [2.24, 2.45) is 10.2 Å². The Morgan fingerprint density at radius 3 is 2.09 bits per heavy atom. The zero-order chi connectivity index (χ0) is 23.7. The van der Waals surface area contributed by atoms with Gasteiger partial charge in [0, 0.05) is 26.2 Å². The van der Waals surface area contributed by atoms with Gasteiger partial charge in [0.2, 0.25) is 15.8 Å². The number of nitrogens with one attached hydrogen (secondary N) is 2. The number of hydrogen-bond donors (Lipinski definition) is 2. The van der Waals surface area contributed by atoms with Gasteiger partial charge in [0.15, 0.2) is 0 Å². The topological polar surface area (TPSA) is 169 Å². The minimum Gasteiger partial charge on any atom is -0.548 e. The van der Waals surface area contributed by atoms with Gasteiger partial charge >= 0.3 is 6.21 Å². The van der Waals surface area contributed by atoms with Crippen molar-refractivity contribution in [2.75, 3.05) is 19.0 Å². The number of nitrogens with zero attached hydrogens (tertiary/aromatic N) is 4. The third kappa shape index (κ3) is 7.20. The number of carboxylic acids is 1. The molecule has 2 aromatic rings. The van der Waals surface area contributed by atoms with Gasteiger partial charge in [-0.2, -0.15) is 10.2 Å². The van der Waals surface area contributed by atoms with Gasteiger partial charge in [-0.05, 0) is 55.0 Å². The van der Waals surface area contributed by atoms with E-state index in [0.717, 1.165) is 5.69 Å². The van der Waals surface area contributed by atoms with Crippen LogP contribution in [0.2, 0.25) is 0 Å². The minimum atomic E-state index is -4.19. The van der Waals surface area contributed by atoms with Gasteiger partial charge in [-0.1, -0.05) is 0 Å². The Balaban J connectivity index is 2.08. The second-order valence-corrected chi connectivity index (χ2v) is 8.57. The number of carbonyl (C=O) groups excluding carboxylic acids is 2. The molecule has 2 aromatic carbocycles. The smallest absolute Gasteiger partial charge is 0.372 e. The molecule has 0 spiro atoms. The van der Waals surface area contributed by atoms with Crippen LogP contribution in [0, 0.1) is 5.53 Å². The molecule has 168 valence electrons. The average molecular weight is 459 g/mol. The van der Waals surface area contributed by atoms with E-state index in [-0.39, 0.29) is 17.7 Å². The van der Waals surface area contributed by atoms with Crippen molar-refractivity contribution in [1.82, 2.24) is 4.72 Å². The number of ketones is 1. The monoisotopic (exact) mass is 458 g/mol. The summed E-state index contributed by atoms with van der Waals surface area (Å²) < 4.78 is 27.0. The molecule has 0 aliphatic heterocycles. The standard InChI is InChI=1S/C20H22N6O5S/c1-26(2)16-7-3-14(4-8-16)23-24-15-5-10-18(11-6-15)32(30,31)25-19(20(28)29)12-9-17(27)13-22-21/h3-8,10-11,13,19,21,25H,9,12H2,1-2H3. The first-order chi connectivity index (χ1) is 15.1. The maximum atomic E-state index is 12.5. The fourth-order valence-corrected chi connectivity index (χ4v) is 3.75. The highest BCUT2D eigenvalue weighted by Gasteiger charge is 2.22. The number of rotatable bonds is 11. The van der Waals surface area contributed by atoms with E-state index in [0.29, 0.717) is 17.6 Å².